The number of nitrogens with zero attached hydrogens (tertiary/aromatic N) is 1. The van der Waals surface area contributed by atoms with Crippen LogP contribution >= 0.6 is 0 Å². The SMILES string of the molecule is C/C=C1\CN(C)[C@H]2Cc3c([nH]c4ccccc34)[C@H](O)C[C@@H]1[C@@H]2C(=O)OC. The van der Waals surface area contributed by atoms with Crippen LogP contribution in [0.4, 0.5) is 0 Å². The number of likely N-dealkylation sites (N-methyl/N-ethyl adjacent to an activating group) is 1. The molecule has 2 bridgehead atoms. The van der Waals surface area contributed by atoms with Crippen LogP contribution in [-0.2, 0) is 16.0 Å². The van der Waals surface area contributed by atoms with Crippen LogP contribution in [0.1, 0.15) is 30.7 Å². The zero-order valence-corrected chi connectivity index (χ0v) is 15.5. The molecule has 5 heteroatoms. The number of hydrogen-bond donors (Lipinski definition) is 2. The molecule has 26 heavy (non-hydrogen) atoms. The lowest BCUT2D eigenvalue weighted by Gasteiger charge is -2.46. The van der Waals surface area contributed by atoms with Gasteiger partial charge in [0.25, 0.3) is 0 Å². The molecule has 0 radical (unpaired) electrons. The zero-order valence-electron chi connectivity index (χ0n) is 15.5. The lowest BCUT2D eigenvalue weighted by atomic mass is 9.70. The number of carbonyl (C=O) groups is 1. The third-order valence-corrected chi connectivity index (χ3v) is 6.24. The summed E-state index contributed by atoms with van der Waals surface area (Å²) >= 11 is 0. The molecule has 0 spiro atoms. The largest absolute Gasteiger partial charge is 0.469 e. The van der Waals surface area contributed by atoms with E-state index in [4.69, 9.17) is 4.74 Å². The number of nitrogens with one attached hydrogen (secondary N) is 1. The maximum atomic E-state index is 12.7. The monoisotopic (exact) mass is 354 g/mol. The average molecular weight is 354 g/mol. The third kappa shape index (κ3) is 2.58. The lowest BCUT2D eigenvalue weighted by molar-refractivity contribution is -0.151. The van der Waals surface area contributed by atoms with Crippen molar-refractivity contribution in [3.05, 3.63) is 47.2 Å². The summed E-state index contributed by atoms with van der Waals surface area (Å²) in [4.78, 5) is 18.4. The van der Waals surface area contributed by atoms with Crippen LogP contribution in [0.2, 0.25) is 0 Å². The van der Waals surface area contributed by atoms with Gasteiger partial charge in [0.1, 0.15) is 0 Å². The van der Waals surface area contributed by atoms with E-state index in [1.54, 1.807) is 0 Å². The van der Waals surface area contributed by atoms with Crippen LogP contribution in [-0.4, -0.2) is 47.7 Å². The summed E-state index contributed by atoms with van der Waals surface area (Å²) in [7, 11) is 3.53. The number of methoxy groups -OCH3 is 1. The first kappa shape index (κ1) is 17.3. The minimum absolute atomic E-state index is 0.00297. The fourth-order valence-corrected chi connectivity index (χ4v) is 4.93. The van der Waals surface area contributed by atoms with E-state index in [1.165, 1.54) is 12.7 Å². The Hall–Kier alpha value is -2.11. The molecule has 2 aliphatic rings. The fourth-order valence-electron chi connectivity index (χ4n) is 4.93. The van der Waals surface area contributed by atoms with Crippen molar-refractivity contribution in [2.75, 3.05) is 20.7 Å². The van der Waals surface area contributed by atoms with Crippen LogP contribution in [0.5, 0.6) is 0 Å². The summed E-state index contributed by atoms with van der Waals surface area (Å²) in [5.41, 5.74) is 4.27. The van der Waals surface area contributed by atoms with Gasteiger partial charge < -0.3 is 14.8 Å². The van der Waals surface area contributed by atoms with Crippen LogP contribution in [0.25, 0.3) is 10.9 Å². The van der Waals surface area contributed by atoms with Gasteiger partial charge in [0, 0.05) is 29.2 Å². The number of piperidine rings is 1. The normalized spacial score (nSPS) is 30.7. The van der Waals surface area contributed by atoms with Gasteiger partial charge in [-0.25, -0.2) is 0 Å². The quantitative estimate of drug-likeness (QED) is 0.610. The Morgan fingerprint density at radius 2 is 2.15 bits per heavy atom. The molecule has 1 aliphatic carbocycles. The Labute approximate surface area is 153 Å². The molecule has 1 aliphatic heterocycles. The maximum absolute atomic E-state index is 12.7. The molecule has 0 amide bonds. The third-order valence-electron chi connectivity index (χ3n) is 6.24. The van der Waals surface area contributed by atoms with Crippen molar-refractivity contribution >= 4 is 16.9 Å². The number of hydrogen-bond acceptors (Lipinski definition) is 4. The average Bonchev–Trinajstić information content (AvgIpc) is 3.01. The Morgan fingerprint density at radius 3 is 2.88 bits per heavy atom. The molecule has 1 saturated heterocycles. The van der Waals surface area contributed by atoms with Crippen molar-refractivity contribution in [1.29, 1.82) is 0 Å². The van der Waals surface area contributed by atoms with Gasteiger partial charge in [-0.1, -0.05) is 29.8 Å². The molecule has 138 valence electrons. The number of esters is 1. The number of allylic oxidation sites excluding steroid dienone is 1. The predicted octanol–water partition coefficient (Wildman–Crippen LogP) is 2.81. The fraction of sp³-hybridized carbons (Fsp3) is 0.476. The number of aromatic amines is 1. The minimum atomic E-state index is -0.617. The summed E-state index contributed by atoms with van der Waals surface area (Å²) in [6.07, 6.45) is 2.73. The van der Waals surface area contributed by atoms with E-state index >= 15 is 0 Å². The van der Waals surface area contributed by atoms with Gasteiger partial charge >= 0.3 is 5.97 Å². The molecule has 2 aromatic rings. The highest BCUT2D eigenvalue weighted by Gasteiger charge is 2.46. The lowest BCUT2D eigenvalue weighted by Crippen LogP contribution is -2.53. The number of aliphatic hydroxyl groups is 1. The van der Waals surface area contributed by atoms with E-state index in [2.05, 4.69) is 29.1 Å². The second-order valence-corrected chi connectivity index (χ2v) is 7.52. The van der Waals surface area contributed by atoms with Crippen LogP contribution in [0.3, 0.4) is 0 Å². The smallest absolute Gasteiger partial charge is 0.310 e. The van der Waals surface area contributed by atoms with E-state index in [-0.39, 0.29) is 23.8 Å². The molecule has 2 N–H and O–H groups in total. The molecule has 0 unspecified atom stereocenters. The predicted molar refractivity (Wildman–Crippen MR) is 101 cm³/mol. The first-order chi connectivity index (χ1) is 12.5. The standard InChI is InChI=1S/C21H26N2O3/c1-4-12-11-23(2)17-9-15-13-7-5-6-8-16(13)22-20(15)18(24)10-14(12)19(17)21(25)26-3/h4-8,14,17-19,22,24H,9-11H2,1-3H3/b12-4+/t14-,17-,18+,19-/m0/s1. The van der Waals surface area contributed by atoms with Crippen molar-refractivity contribution in [3.63, 3.8) is 0 Å². The van der Waals surface area contributed by atoms with E-state index in [0.29, 0.717) is 6.42 Å². The Morgan fingerprint density at radius 1 is 1.38 bits per heavy atom. The number of aromatic nitrogens is 1. The number of fused-ring (bicyclic) bond motifs is 5. The highest BCUT2D eigenvalue weighted by atomic mass is 16.5. The summed E-state index contributed by atoms with van der Waals surface area (Å²) < 4.78 is 5.17. The van der Waals surface area contributed by atoms with Gasteiger partial charge in [0.05, 0.1) is 19.1 Å². The van der Waals surface area contributed by atoms with Crippen LogP contribution in [0.15, 0.2) is 35.9 Å². The van der Waals surface area contributed by atoms with E-state index in [9.17, 15) is 9.90 Å². The van der Waals surface area contributed by atoms with Gasteiger partial charge in [0.2, 0.25) is 0 Å². The molecular formula is C21H26N2O3. The van der Waals surface area contributed by atoms with Gasteiger partial charge in [-0.05, 0) is 44.4 Å². The molecule has 1 aromatic heterocycles. The summed E-state index contributed by atoms with van der Waals surface area (Å²) in [5, 5.41) is 12.1. The number of carbonyl (C=O) groups excluding carboxylic acids is 1. The minimum Gasteiger partial charge on any atom is -0.469 e. The van der Waals surface area contributed by atoms with E-state index < -0.39 is 6.10 Å². The molecule has 0 saturated carbocycles. The van der Waals surface area contributed by atoms with Gasteiger partial charge in [-0.15, -0.1) is 0 Å². The van der Waals surface area contributed by atoms with Crippen molar-refractivity contribution < 1.29 is 14.6 Å². The number of para-hydroxylation sites is 1. The molecule has 4 rings (SSSR count). The highest BCUT2D eigenvalue weighted by Crippen LogP contribution is 2.44. The van der Waals surface area contributed by atoms with Crippen molar-refractivity contribution in [2.45, 2.75) is 31.9 Å². The molecular weight excluding hydrogens is 328 g/mol. The number of H-pyrrole nitrogens is 1. The van der Waals surface area contributed by atoms with Gasteiger partial charge in [-0.3, -0.25) is 9.69 Å². The van der Waals surface area contributed by atoms with Crippen molar-refractivity contribution in [1.82, 2.24) is 9.88 Å². The Balaban J connectivity index is 1.89. The van der Waals surface area contributed by atoms with Crippen LogP contribution < -0.4 is 0 Å². The highest BCUT2D eigenvalue weighted by molar-refractivity contribution is 5.85. The Bertz CT molecular complexity index is 869. The van der Waals surface area contributed by atoms with Crippen LogP contribution in [0, 0.1) is 11.8 Å². The summed E-state index contributed by atoms with van der Waals surface area (Å²) in [5.74, 6) is -0.439. The molecule has 5 nitrogen and oxygen atoms in total. The summed E-state index contributed by atoms with van der Waals surface area (Å²) in [6.45, 7) is 2.83. The summed E-state index contributed by atoms with van der Waals surface area (Å²) in [6, 6.07) is 8.20. The van der Waals surface area contributed by atoms with E-state index in [1.807, 2.05) is 25.1 Å². The maximum Gasteiger partial charge on any atom is 0.310 e. The second kappa shape index (κ2) is 6.56. The zero-order chi connectivity index (χ0) is 18.4. The number of ether oxygens (including phenoxy) is 1. The Kier molecular flexibility index (Phi) is 4.37. The number of benzene rings is 1. The van der Waals surface area contributed by atoms with E-state index in [0.717, 1.165) is 35.1 Å². The number of likely N-dealkylation sites (tertiary alicyclic amines) is 1. The first-order valence-electron chi connectivity index (χ1n) is 9.25. The molecule has 2 heterocycles. The van der Waals surface area contributed by atoms with Crippen molar-refractivity contribution in [3.8, 4) is 0 Å². The van der Waals surface area contributed by atoms with Gasteiger partial charge in [0.15, 0.2) is 0 Å². The topological polar surface area (TPSA) is 65.6 Å². The van der Waals surface area contributed by atoms with Gasteiger partial charge in [-0.2, -0.15) is 0 Å². The molecule has 4 atom stereocenters. The number of rotatable bonds is 1. The van der Waals surface area contributed by atoms with Crippen molar-refractivity contribution in [2.24, 2.45) is 11.8 Å². The first-order valence-corrected chi connectivity index (χ1v) is 9.25. The second-order valence-electron chi connectivity index (χ2n) is 7.52. The molecule has 1 fully saturated rings. The number of aliphatic hydroxyl groups excluding tert-OH is 1. The molecule has 1 aromatic carbocycles.